The fourth-order valence-electron chi connectivity index (χ4n) is 2.96. The Labute approximate surface area is 133 Å². The highest BCUT2D eigenvalue weighted by Crippen LogP contribution is 2.21. The van der Waals surface area contributed by atoms with Gasteiger partial charge in [0.15, 0.2) is 0 Å². The number of β-amino-alcohol motifs (C(OH)–C–C–N with tert-alkyl or cyclic N) is 1. The van der Waals surface area contributed by atoms with Gasteiger partial charge in [-0.1, -0.05) is 12.8 Å². The molecule has 120 valence electrons. The van der Waals surface area contributed by atoms with Crippen molar-refractivity contribution in [3.8, 4) is 0 Å². The van der Waals surface area contributed by atoms with Crippen LogP contribution in [-0.4, -0.2) is 60.8 Å². The van der Waals surface area contributed by atoms with Crippen molar-refractivity contribution >= 4 is 30.7 Å². The third-order valence-corrected chi connectivity index (χ3v) is 4.14. The summed E-state index contributed by atoms with van der Waals surface area (Å²) in [6.45, 7) is 1.88. The molecule has 2 fully saturated rings. The topological polar surface area (TPSA) is 64.6 Å². The first kappa shape index (κ1) is 19.9. The third kappa shape index (κ3) is 5.74. The molecule has 0 spiro atoms. The van der Waals surface area contributed by atoms with E-state index in [0.717, 1.165) is 13.0 Å². The molecule has 1 aliphatic carbocycles. The van der Waals surface area contributed by atoms with Crippen LogP contribution in [0.3, 0.4) is 0 Å². The standard InChI is InChI=1S/C13H25N3O2.2ClH/c1-16(10-4-2-3-5-10)9-13(18)15-11-6-7-14-8-12(11)17;;/h10-12,14,17H,2-9H2,1H3,(H,15,18);2*1H/t11-,12-;;/m1../s1. The quantitative estimate of drug-likeness (QED) is 0.705. The van der Waals surface area contributed by atoms with E-state index in [4.69, 9.17) is 0 Å². The highest BCUT2D eigenvalue weighted by Gasteiger charge is 2.26. The highest BCUT2D eigenvalue weighted by molar-refractivity contribution is 5.85. The van der Waals surface area contributed by atoms with Crippen LogP contribution in [-0.2, 0) is 4.79 Å². The van der Waals surface area contributed by atoms with Crippen LogP contribution in [0.15, 0.2) is 0 Å². The molecule has 7 heteroatoms. The number of carbonyl (C=O) groups excluding carboxylic acids is 1. The number of hydrogen-bond donors (Lipinski definition) is 3. The summed E-state index contributed by atoms with van der Waals surface area (Å²) in [6, 6.07) is 0.476. The maximum atomic E-state index is 11.9. The van der Waals surface area contributed by atoms with Crippen LogP contribution in [0.5, 0.6) is 0 Å². The van der Waals surface area contributed by atoms with E-state index in [2.05, 4.69) is 15.5 Å². The first-order valence-corrected chi connectivity index (χ1v) is 7.05. The molecule has 3 N–H and O–H groups in total. The summed E-state index contributed by atoms with van der Waals surface area (Å²) in [7, 11) is 2.02. The molecule has 1 saturated heterocycles. The summed E-state index contributed by atoms with van der Waals surface area (Å²) in [5.74, 6) is 0.0374. The molecular weight excluding hydrogens is 301 g/mol. The van der Waals surface area contributed by atoms with Crippen molar-refractivity contribution in [1.82, 2.24) is 15.5 Å². The van der Waals surface area contributed by atoms with Crippen LogP contribution in [0.4, 0.5) is 0 Å². The number of nitrogens with zero attached hydrogens (tertiary/aromatic N) is 1. The van der Waals surface area contributed by atoms with E-state index in [9.17, 15) is 9.90 Å². The van der Waals surface area contributed by atoms with Crippen molar-refractivity contribution < 1.29 is 9.90 Å². The van der Waals surface area contributed by atoms with Gasteiger partial charge >= 0.3 is 0 Å². The molecule has 0 aromatic heterocycles. The number of halogens is 2. The summed E-state index contributed by atoms with van der Waals surface area (Å²) < 4.78 is 0. The summed E-state index contributed by atoms with van der Waals surface area (Å²) >= 11 is 0. The molecule has 0 aromatic rings. The fraction of sp³-hybridized carbons (Fsp3) is 0.923. The largest absolute Gasteiger partial charge is 0.390 e. The van der Waals surface area contributed by atoms with Crippen LogP contribution < -0.4 is 10.6 Å². The number of nitrogens with one attached hydrogen (secondary N) is 2. The second-order valence-corrected chi connectivity index (χ2v) is 5.59. The molecule has 2 aliphatic rings. The minimum absolute atomic E-state index is 0. The van der Waals surface area contributed by atoms with Gasteiger partial charge in [0.1, 0.15) is 0 Å². The van der Waals surface area contributed by atoms with Crippen LogP contribution >= 0.6 is 24.8 Å². The molecule has 1 saturated carbocycles. The Bertz CT molecular complexity index is 289. The zero-order valence-corrected chi connectivity index (χ0v) is 13.6. The normalized spacial score (nSPS) is 26.8. The van der Waals surface area contributed by atoms with Crippen LogP contribution in [0.2, 0.25) is 0 Å². The van der Waals surface area contributed by atoms with Gasteiger partial charge in [-0.3, -0.25) is 9.69 Å². The molecule has 2 rings (SSSR count). The van der Waals surface area contributed by atoms with E-state index >= 15 is 0 Å². The van der Waals surface area contributed by atoms with Gasteiger partial charge in [0, 0.05) is 12.6 Å². The third-order valence-electron chi connectivity index (χ3n) is 4.14. The minimum Gasteiger partial charge on any atom is -0.390 e. The molecule has 20 heavy (non-hydrogen) atoms. The molecule has 0 bridgehead atoms. The molecule has 1 amide bonds. The van der Waals surface area contributed by atoms with Crippen molar-refractivity contribution in [1.29, 1.82) is 0 Å². The van der Waals surface area contributed by atoms with E-state index < -0.39 is 6.10 Å². The number of likely N-dealkylation sites (N-methyl/N-ethyl adjacent to an activating group) is 1. The van der Waals surface area contributed by atoms with Crippen LogP contribution in [0.1, 0.15) is 32.1 Å². The van der Waals surface area contributed by atoms with Gasteiger partial charge in [0.05, 0.1) is 18.7 Å². The fourth-order valence-corrected chi connectivity index (χ4v) is 2.96. The second kappa shape index (κ2) is 9.79. The Morgan fingerprint density at radius 1 is 1.30 bits per heavy atom. The number of amides is 1. The Morgan fingerprint density at radius 3 is 2.55 bits per heavy atom. The summed E-state index contributed by atoms with van der Waals surface area (Å²) in [5.41, 5.74) is 0. The number of carbonyl (C=O) groups is 1. The number of rotatable bonds is 4. The van der Waals surface area contributed by atoms with Crippen molar-refractivity contribution in [3.63, 3.8) is 0 Å². The second-order valence-electron chi connectivity index (χ2n) is 5.59. The Hall–Kier alpha value is -0.0700. The summed E-state index contributed by atoms with van der Waals surface area (Å²) in [4.78, 5) is 14.1. The number of piperidine rings is 1. The smallest absolute Gasteiger partial charge is 0.234 e. The number of hydrogen-bond acceptors (Lipinski definition) is 4. The van der Waals surface area contributed by atoms with Crippen molar-refractivity contribution in [3.05, 3.63) is 0 Å². The van der Waals surface area contributed by atoms with Crippen LogP contribution in [0, 0.1) is 0 Å². The van der Waals surface area contributed by atoms with Gasteiger partial charge in [0.25, 0.3) is 0 Å². The lowest BCUT2D eigenvalue weighted by Crippen LogP contribution is -2.54. The molecule has 0 radical (unpaired) electrons. The zero-order valence-electron chi connectivity index (χ0n) is 12.0. The Morgan fingerprint density at radius 2 is 1.95 bits per heavy atom. The molecule has 0 aromatic carbocycles. The number of aliphatic hydroxyl groups is 1. The molecule has 0 unspecified atom stereocenters. The predicted molar refractivity (Wildman–Crippen MR) is 84.8 cm³/mol. The van der Waals surface area contributed by atoms with E-state index in [0.29, 0.717) is 19.1 Å². The molecular formula is C13H27Cl2N3O2. The summed E-state index contributed by atoms with van der Waals surface area (Å²) in [6.07, 6.45) is 5.33. The van der Waals surface area contributed by atoms with Crippen molar-refractivity contribution in [2.24, 2.45) is 0 Å². The molecule has 1 aliphatic heterocycles. The van der Waals surface area contributed by atoms with E-state index in [1.165, 1.54) is 25.7 Å². The van der Waals surface area contributed by atoms with Gasteiger partial charge in [-0.2, -0.15) is 0 Å². The lowest BCUT2D eigenvalue weighted by Gasteiger charge is -2.30. The minimum atomic E-state index is -0.459. The Kier molecular flexibility index (Phi) is 9.76. The Balaban J connectivity index is 0.00000180. The van der Waals surface area contributed by atoms with E-state index in [-0.39, 0.29) is 36.8 Å². The monoisotopic (exact) mass is 327 g/mol. The first-order chi connectivity index (χ1) is 8.66. The van der Waals surface area contributed by atoms with Gasteiger partial charge in [-0.25, -0.2) is 0 Å². The van der Waals surface area contributed by atoms with E-state index in [1.807, 2.05) is 7.05 Å². The van der Waals surface area contributed by atoms with Gasteiger partial charge < -0.3 is 15.7 Å². The average Bonchev–Trinajstić information content (AvgIpc) is 2.85. The van der Waals surface area contributed by atoms with Crippen molar-refractivity contribution in [2.45, 2.75) is 50.3 Å². The number of aliphatic hydroxyl groups excluding tert-OH is 1. The average molecular weight is 328 g/mol. The highest BCUT2D eigenvalue weighted by atomic mass is 35.5. The molecule has 5 nitrogen and oxygen atoms in total. The van der Waals surface area contributed by atoms with Gasteiger partial charge in [-0.15, -0.1) is 24.8 Å². The molecule has 2 atom stereocenters. The zero-order chi connectivity index (χ0) is 13.0. The SMILES string of the molecule is CN(CC(=O)N[C@@H]1CCNC[C@H]1O)C1CCCC1.Cl.Cl. The van der Waals surface area contributed by atoms with E-state index in [1.54, 1.807) is 0 Å². The summed E-state index contributed by atoms with van der Waals surface area (Å²) in [5, 5.41) is 15.8. The maximum absolute atomic E-state index is 11.9. The van der Waals surface area contributed by atoms with Crippen molar-refractivity contribution in [2.75, 3.05) is 26.7 Å². The van der Waals surface area contributed by atoms with Gasteiger partial charge in [0.2, 0.25) is 5.91 Å². The predicted octanol–water partition coefficient (Wildman–Crippen LogP) is 0.543. The molecule has 1 heterocycles. The van der Waals surface area contributed by atoms with Gasteiger partial charge in [-0.05, 0) is 32.9 Å². The first-order valence-electron chi connectivity index (χ1n) is 7.05. The van der Waals surface area contributed by atoms with Crippen LogP contribution in [0.25, 0.3) is 0 Å². The lowest BCUT2D eigenvalue weighted by atomic mass is 10.0. The maximum Gasteiger partial charge on any atom is 0.234 e. The lowest BCUT2D eigenvalue weighted by molar-refractivity contribution is -0.124.